The average molecular weight is 403 g/mol. The topological polar surface area (TPSA) is 77.2 Å². The molecule has 1 aliphatic carbocycles. The third kappa shape index (κ3) is 3.84. The fourth-order valence-corrected chi connectivity index (χ4v) is 4.97. The van der Waals surface area contributed by atoms with Gasteiger partial charge in [-0.05, 0) is 44.2 Å². The smallest absolute Gasteiger partial charge is 0.276 e. The lowest BCUT2D eigenvalue weighted by molar-refractivity contribution is 0.311. The molecule has 0 amide bonds. The highest BCUT2D eigenvalue weighted by Gasteiger charge is 2.35. The molecule has 7 nitrogen and oxygen atoms in total. The zero-order valence-electron chi connectivity index (χ0n) is 16.3. The number of aromatic nitrogens is 3. The third-order valence-electron chi connectivity index (χ3n) is 5.58. The quantitative estimate of drug-likeness (QED) is 0.769. The van der Waals surface area contributed by atoms with Crippen molar-refractivity contribution in [1.29, 1.82) is 0 Å². The third-order valence-corrected chi connectivity index (χ3v) is 7.15. The number of hydrogen-bond acceptors (Lipinski definition) is 4. The van der Waals surface area contributed by atoms with Crippen molar-refractivity contribution >= 4 is 16.1 Å². The van der Waals surface area contributed by atoms with Crippen LogP contribution >= 0.6 is 0 Å². The van der Waals surface area contributed by atoms with E-state index in [9.17, 15) is 13.2 Å². The molecular weight excluding hydrogens is 376 g/mol. The molecule has 1 aromatic heterocycles. The van der Waals surface area contributed by atoms with Gasteiger partial charge >= 0.3 is 5.69 Å². The number of piperidine rings is 1. The van der Waals surface area contributed by atoms with E-state index in [2.05, 4.69) is 5.10 Å². The Kier molecular flexibility index (Phi) is 5.01. The van der Waals surface area contributed by atoms with Crippen LogP contribution in [0.15, 0.2) is 34.5 Å². The summed E-state index contributed by atoms with van der Waals surface area (Å²) in [6.45, 7) is 2.89. The Bertz CT molecular complexity index is 1040. The van der Waals surface area contributed by atoms with Crippen LogP contribution < -0.4 is 5.69 Å². The Morgan fingerprint density at radius 3 is 2.32 bits per heavy atom. The van der Waals surface area contributed by atoms with Gasteiger partial charge < -0.3 is 0 Å². The van der Waals surface area contributed by atoms with E-state index in [1.54, 1.807) is 13.1 Å². The molecular formula is C20H26N4O3S. The summed E-state index contributed by atoms with van der Waals surface area (Å²) in [6, 6.07) is 8.02. The standard InChI is InChI=1S/C20H26N4O3S/c1-15-3-5-16(6-4-15)11-14-28(26,27)23-12-9-17(10-13-23)19-21-22(2)20(25)24(19)18-7-8-18/h3-6,11,14,17-18H,7-10,12-13H2,1-2H3/b14-11+. The van der Waals surface area contributed by atoms with Crippen molar-refractivity contribution in [3.05, 3.63) is 57.1 Å². The second-order valence-electron chi connectivity index (χ2n) is 7.80. The first-order chi connectivity index (χ1) is 13.3. The summed E-state index contributed by atoms with van der Waals surface area (Å²) in [6.07, 6.45) is 5.05. The maximum atomic E-state index is 12.7. The van der Waals surface area contributed by atoms with Crippen LogP contribution in [0.4, 0.5) is 0 Å². The van der Waals surface area contributed by atoms with Crippen LogP contribution in [0.25, 0.3) is 6.08 Å². The minimum Gasteiger partial charge on any atom is -0.276 e. The normalized spacial score (nSPS) is 19.5. The molecule has 2 fully saturated rings. The average Bonchev–Trinajstić information content (AvgIpc) is 3.47. The highest BCUT2D eigenvalue weighted by atomic mass is 32.2. The molecule has 0 bridgehead atoms. The van der Waals surface area contributed by atoms with Crippen LogP contribution in [-0.4, -0.2) is 40.2 Å². The lowest BCUT2D eigenvalue weighted by Crippen LogP contribution is -2.37. The van der Waals surface area contributed by atoms with Crippen LogP contribution in [0, 0.1) is 6.92 Å². The summed E-state index contributed by atoms with van der Waals surface area (Å²) < 4.78 is 30.1. The summed E-state index contributed by atoms with van der Waals surface area (Å²) in [7, 11) is -1.77. The summed E-state index contributed by atoms with van der Waals surface area (Å²) in [5.41, 5.74) is 1.95. The number of aryl methyl sites for hydroxylation is 2. The SMILES string of the molecule is Cc1ccc(/C=C/S(=O)(=O)N2CCC(c3nn(C)c(=O)n3C3CC3)CC2)cc1. The lowest BCUT2D eigenvalue weighted by Gasteiger charge is -2.29. The molecule has 1 saturated heterocycles. The fourth-order valence-electron chi connectivity index (χ4n) is 3.75. The number of benzene rings is 1. The first-order valence-electron chi connectivity index (χ1n) is 9.75. The maximum Gasteiger partial charge on any atom is 0.345 e. The molecule has 0 radical (unpaired) electrons. The molecule has 0 atom stereocenters. The Morgan fingerprint density at radius 2 is 1.71 bits per heavy atom. The summed E-state index contributed by atoms with van der Waals surface area (Å²) in [5.74, 6) is 0.948. The minimum atomic E-state index is -3.46. The van der Waals surface area contributed by atoms with Crippen LogP contribution in [0.2, 0.25) is 0 Å². The maximum absolute atomic E-state index is 12.7. The molecule has 2 aliphatic rings. The zero-order valence-corrected chi connectivity index (χ0v) is 17.1. The van der Waals surface area contributed by atoms with E-state index in [1.807, 2.05) is 35.8 Å². The number of sulfonamides is 1. The van der Waals surface area contributed by atoms with E-state index < -0.39 is 10.0 Å². The van der Waals surface area contributed by atoms with Crippen LogP contribution in [0.1, 0.15) is 54.6 Å². The molecule has 1 saturated carbocycles. The minimum absolute atomic E-state index is 0.0615. The Labute approximate surface area is 165 Å². The van der Waals surface area contributed by atoms with Crippen molar-refractivity contribution in [1.82, 2.24) is 18.7 Å². The Balaban J connectivity index is 1.44. The van der Waals surface area contributed by atoms with E-state index in [0.717, 1.165) is 29.8 Å². The highest BCUT2D eigenvalue weighted by Crippen LogP contribution is 2.37. The summed E-state index contributed by atoms with van der Waals surface area (Å²) >= 11 is 0. The van der Waals surface area contributed by atoms with Crippen molar-refractivity contribution in [2.45, 2.75) is 44.6 Å². The number of rotatable bonds is 5. The van der Waals surface area contributed by atoms with E-state index in [-0.39, 0.29) is 17.6 Å². The molecule has 150 valence electrons. The fraction of sp³-hybridized carbons (Fsp3) is 0.500. The number of nitrogens with zero attached hydrogens (tertiary/aromatic N) is 4. The van der Waals surface area contributed by atoms with Gasteiger partial charge in [-0.2, -0.15) is 9.40 Å². The van der Waals surface area contributed by atoms with Crippen molar-refractivity contribution in [2.24, 2.45) is 7.05 Å². The molecule has 1 aliphatic heterocycles. The van der Waals surface area contributed by atoms with Crippen LogP contribution in [0.5, 0.6) is 0 Å². The van der Waals surface area contributed by atoms with E-state index in [0.29, 0.717) is 25.9 Å². The lowest BCUT2D eigenvalue weighted by atomic mass is 9.97. The molecule has 1 aromatic carbocycles. The molecule has 8 heteroatoms. The molecule has 4 rings (SSSR count). The molecule has 28 heavy (non-hydrogen) atoms. The van der Waals surface area contributed by atoms with Crippen molar-refractivity contribution in [3.63, 3.8) is 0 Å². The first kappa shape index (κ1) is 19.1. The predicted octanol–water partition coefficient (Wildman–Crippen LogP) is 2.41. The first-order valence-corrected chi connectivity index (χ1v) is 11.3. The Morgan fingerprint density at radius 1 is 1.07 bits per heavy atom. The molecule has 0 N–H and O–H groups in total. The van der Waals surface area contributed by atoms with Crippen molar-refractivity contribution in [2.75, 3.05) is 13.1 Å². The van der Waals surface area contributed by atoms with Gasteiger partial charge in [-0.3, -0.25) is 4.57 Å². The van der Waals surface area contributed by atoms with Crippen molar-refractivity contribution in [3.8, 4) is 0 Å². The second kappa shape index (κ2) is 7.33. The number of hydrogen-bond donors (Lipinski definition) is 0. The summed E-state index contributed by atoms with van der Waals surface area (Å²) in [4.78, 5) is 12.3. The van der Waals surface area contributed by atoms with Gasteiger partial charge in [0.05, 0.1) is 0 Å². The molecule has 2 heterocycles. The van der Waals surface area contributed by atoms with Gasteiger partial charge in [0.1, 0.15) is 5.82 Å². The molecule has 2 aromatic rings. The van der Waals surface area contributed by atoms with Gasteiger partial charge in [0.25, 0.3) is 0 Å². The highest BCUT2D eigenvalue weighted by molar-refractivity contribution is 7.92. The van der Waals surface area contributed by atoms with Crippen molar-refractivity contribution < 1.29 is 8.42 Å². The van der Waals surface area contributed by atoms with E-state index in [1.165, 1.54) is 14.4 Å². The van der Waals surface area contributed by atoms with Crippen LogP contribution in [-0.2, 0) is 17.1 Å². The predicted molar refractivity (Wildman–Crippen MR) is 108 cm³/mol. The van der Waals surface area contributed by atoms with Gasteiger partial charge in [0.15, 0.2) is 0 Å². The largest absolute Gasteiger partial charge is 0.345 e. The zero-order chi connectivity index (χ0) is 19.9. The van der Waals surface area contributed by atoms with Gasteiger partial charge in [-0.25, -0.2) is 17.9 Å². The van der Waals surface area contributed by atoms with Crippen LogP contribution in [0.3, 0.4) is 0 Å². The van der Waals surface area contributed by atoms with E-state index >= 15 is 0 Å². The van der Waals surface area contributed by atoms with Gasteiger partial charge in [0, 0.05) is 37.5 Å². The monoisotopic (exact) mass is 402 g/mol. The second-order valence-corrected chi connectivity index (χ2v) is 9.62. The Hall–Kier alpha value is -2.19. The molecule has 0 unspecified atom stereocenters. The summed E-state index contributed by atoms with van der Waals surface area (Å²) in [5, 5.41) is 5.74. The molecule has 0 spiro atoms. The van der Waals surface area contributed by atoms with E-state index in [4.69, 9.17) is 0 Å². The van der Waals surface area contributed by atoms with Gasteiger partial charge in [0.2, 0.25) is 10.0 Å². The van der Waals surface area contributed by atoms with Gasteiger partial charge in [-0.15, -0.1) is 0 Å². The van der Waals surface area contributed by atoms with Gasteiger partial charge in [-0.1, -0.05) is 29.8 Å².